The van der Waals surface area contributed by atoms with E-state index in [1.54, 1.807) is 57.8 Å². The summed E-state index contributed by atoms with van der Waals surface area (Å²) in [5.41, 5.74) is 0. The highest BCUT2D eigenvalue weighted by Crippen LogP contribution is 2.46. The quantitative estimate of drug-likeness (QED) is 0.526. The van der Waals surface area contributed by atoms with E-state index in [1.165, 1.54) is 0 Å². The monoisotopic (exact) mass is 178 g/mol. The molecule has 0 aliphatic heterocycles. The molecule has 4 saturated carbocycles. The van der Waals surface area contributed by atoms with E-state index >= 15 is 0 Å². The van der Waals surface area contributed by atoms with Crippen molar-refractivity contribution in [1.29, 1.82) is 0 Å². The Morgan fingerprint density at radius 1 is 0.385 bits per heavy atom. The van der Waals surface area contributed by atoms with Gasteiger partial charge in [0.15, 0.2) is 0 Å². The maximum Gasteiger partial charge on any atom is -0.0409 e. The van der Waals surface area contributed by atoms with Crippen LogP contribution < -0.4 is 0 Å². The normalized spacial score (nSPS) is 49.8. The molecule has 0 amide bonds. The summed E-state index contributed by atoms with van der Waals surface area (Å²) in [6.45, 7) is 0. The standard InChI is InChI=1S/C13H22/c1-2-11-4-6-12-7-10(1)3-5-13(8-11)9-12/h10-13H,1-9H2. The van der Waals surface area contributed by atoms with E-state index in [0.29, 0.717) is 0 Å². The zero-order valence-corrected chi connectivity index (χ0v) is 8.67. The van der Waals surface area contributed by atoms with Crippen molar-refractivity contribution < 1.29 is 0 Å². The fourth-order valence-electron chi connectivity index (χ4n) is 4.25. The Bertz CT molecular complexity index is 160. The second-order valence-corrected chi connectivity index (χ2v) is 5.90. The lowest BCUT2D eigenvalue weighted by molar-refractivity contribution is 0.248. The lowest BCUT2D eigenvalue weighted by Crippen LogP contribution is -2.14. The van der Waals surface area contributed by atoms with Gasteiger partial charge in [-0.2, -0.15) is 0 Å². The summed E-state index contributed by atoms with van der Waals surface area (Å²) in [5.74, 6) is 4.56. The van der Waals surface area contributed by atoms with E-state index < -0.39 is 0 Å². The van der Waals surface area contributed by atoms with Crippen molar-refractivity contribution in [2.45, 2.75) is 57.8 Å². The van der Waals surface area contributed by atoms with Gasteiger partial charge in [-0.3, -0.25) is 0 Å². The number of hydrogen-bond acceptors (Lipinski definition) is 0. The van der Waals surface area contributed by atoms with Crippen molar-refractivity contribution in [3.05, 3.63) is 0 Å². The van der Waals surface area contributed by atoms with Crippen LogP contribution in [0.1, 0.15) is 57.8 Å². The Morgan fingerprint density at radius 2 is 0.692 bits per heavy atom. The van der Waals surface area contributed by atoms with E-state index in [2.05, 4.69) is 0 Å². The van der Waals surface area contributed by atoms with Crippen LogP contribution in [0, 0.1) is 23.7 Å². The minimum absolute atomic E-state index is 1.14. The van der Waals surface area contributed by atoms with Crippen molar-refractivity contribution in [1.82, 2.24) is 0 Å². The average Bonchev–Trinajstić information content (AvgIpc) is 2.36. The maximum atomic E-state index is 1.60. The fraction of sp³-hybridized carbons (Fsp3) is 1.00. The molecule has 13 heavy (non-hydrogen) atoms. The maximum absolute atomic E-state index is 1.60. The average molecular weight is 178 g/mol. The minimum atomic E-state index is 1.14. The molecule has 74 valence electrons. The molecule has 4 aliphatic rings. The van der Waals surface area contributed by atoms with Crippen LogP contribution in [0.25, 0.3) is 0 Å². The largest absolute Gasteiger partial charge is 0.0502 e. The molecule has 0 nitrogen and oxygen atoms in total. The summed E-state index contributed by atoms with van der Waals surface area (Å²) in [7, 11) is 0. The van der Waals surface area contributed by atoms with Gasteiger partial charge in [0.25, 0.3) is 0 Å². The predicted molar refractivity (Wildman–Crippen MR) is 55.5 cm³/mol. The van der Waals surface area contributed by atoms with Crippen LogP contribution in [0.4, 0.5) is 0 Å². The van der Waals surface area contributed by atoms with Gasteiger partial charge in [0.05, 0.1) is 0 Å². The number of hydrogen-bond donors (Lipinski definition) is 0. The van der Waals surface area contributed by atoms with Crippen molar-refractivity contribution in [3.63, 3.8) is 0 Å². The molecule has 4 unspecified atom stereocenters. The predicted octanol–water partition coefficient (Wildman–Crippen LogP) is 4.00. The third-order valence-electron chi connectivity index (χ3n) is 4.95. The lowest BCUT2D eigenvalue weighted by atomic mass is 9.78. The Labute approximate surface area is 82.1 Å². The molecule has 0 N–H and O–H groups in total. The van der Waals surface area contributed by atoms with Gasteiger partial charge in [-0.15, -0.1) is 0 Å². The number of rotatable bonds is 0. The van der Waals surface area contributed by atoms with Crippen LogP contribution >= 0.6 is 0 Å². The topological polar surface area (TPSA) is 0 Å². The van der Waals surface area contributed by atoms with Crippen molar-refractivity contribution in [3.8, 4) is 0 Å². The molecule has 0 heteroatoms. The summed E-state index contributed by atoms with van der Waals surface area (Å²) < 4.78 is 0. The third kappa shape index (κ3) is 1.65. The van der Waals surface area contributed by atoms with Crippen LogP contribution in [0.5, 0.6) is 0 Å². The highest BCUT2D eigenvalue weighted by Gasteiger charge is 2.33. The molecule has 0 heterocycles. The molecular formula is C13H22. The highest BCUT2D eigenvalue weighted by atomic mass is 14.4. The van der Waals surface area contributed by atoms with E-state index in [-0.39, 0.29) is 0 Å². The minimum Gasteiger partial charge on any atom is -0.0502 e. The van der Waals surface area contributed by atoms with Crippen LogP contribution in [-0.4, -0.2) is 0 Å². The van der Waals surface area contributed by atoms with Crippen molar-refractivity contribution >= 4 is 0 Å². The molecule has 0 aromatic rings. The van der Waals surface area contributed by atoms with Crippen molar-refractivity contribution in [2.75, 3.05) is 0 Å². The van der Waals surface area contributed by atoms with Crippen LogP contribution in [0.15, 0.2) is 0 Å². The Morgan fingerprint density at radius 3 is 1.15 bits per heavy atom. The first-order valence-corrected chi connectivity index (χ1v) is 6.40. The van der Waals surface area contributed by atoms with Gasteiger partial charge < -0.3 is 0 Å². The Kier molecular flexibility index (Phi) is 2.11. The van der Waals surface area contributed by atoms with Gasteiger partial charge in [-0.1, -0.05) is 38.5 Å². The van der Waals surface area contributed by atoms with Gasteiger partial charge in [-0.05, 0) is 42.9 Å². The molecule has 4 aliphatic carbocycles. The van der Waals surface area contributed by atoms with Crippen molar-refractivity contribution in [2.24, 2.45) is 23.7 Å². The zero-order chi connectivity index (χ0) is 8.67. The van der Waals surface area contributed by atoms with E-state index in [0.717, 1.165) is 23.7 Å². The van der Waals surface area contributed by atoms with Crippen LogP contribution in [0.2, 0.25) is 0 Å². The van der Waals surface area contributed by atoms with Gasteiger partial charge in [0.1, 0.15) is 0 Å². The first kappa shape index (κ1) is 8.32. The third-order valence-corrected chi connectivity index (χ3v) is 4.95. The second-order valence-electron chi connectivity index (χ2n) is 5.90. The highest BCUT2D eigenvalue weighted by molar-refractivity contribution is 4.85. The molecule has 4 bridgehead atoms. The Balaban J connectivity index is 1.86. The molecule has 0 radical (unpaired) electrons. The van der Waals surface area contributed by atoms with Gasteiger partial charge in [-0.25, -0.2) is 0 Å². The SMILES string of the molecule is C1CC2CCC3CC1CCC(C2)C3. The summed E-state index contributed by atoms with van der Waals surface area (Å²) in [4.78, 5) is 0. The summed E-state index contributed by atoms with van der Waals surface area (Å²) in [6.07, 6.45) is 14.3. The van der Waals surface area contributed by atoms with E-state index in [9.17, 15) is 0 Å². The van der Waals surface area contributed by atoms with Gasteiger partial charge in [0, 0.05) is 0 Å². The van der Waals surface area contributed by atoms with E-state index in [4.69, 9.17) is 0 Å². The molecule has 4 rings (SSSR count). The van der Waals surface area contributed by atoms with E-state index in [1.807, 2.05) is 0 Å². The number of fused-ring (bicyclic) bond motifs is 3. The summed E-state index contributed by atoms with van der Waals surface area (Å²) in [6, 6.07) is 0. The van der Waals surface area contributed by atoms with Gasteiger partial charge >= 0.3 is 0 Å². The Hall–Kier alpha value is 0. The summed E-state index contributed by atoms with van der Waals surface area (Å²) >= 11 is 0. The smallest absolute Gasteiger partial charge is 0.0409 e. The molecule has 4 atom stereocenters. The van der Waals surface area contributed by atoms with Crippen LogP contribution in [-0.2, 0) is 0 Å². The molecule has 0 aromatic heterocycles. The first-order chi connectivity index (χ1) is 6.40. The lowest BCUT2D eigenvalue weighted by Gasteiger charge is -2.27. The molecule has 0 aromatic carbocycles. The molecule has 4 fully saturated rings. The first-order valence-electron chi connectivity index (χ1n) is 6.40. The molecule has 0 saturated heterocycles. The second kappa shape index (κ2) is 3.29. The molecule has 0 spiro atoms. The summed E-state index contributed by atoms with van der Waals surface area (Å²) in [5, 5.41) is 0. The zero-order valence-electron chi connectivity index (χ0n) is 8.67. The molecular weight excluding hydrogens is 156 g/mol. The fourth-order valence-corrected chi connectivity index (χ4v) is 4.25. The van der Waals surface area contributed by atoms with Crippen LogP contribution in [0.3, 0.4) is 0 Å². The van der Waals surface area contributed by atoms with Gasteiger partial charge in [0.2, 0.25) is 0 Å².